The zero-order valence-corrected chi connectivity index (χ0v) is 23.6. The number of unbranched alkanes of at least 4 members (excludes halogenated alkanes) is 12. The Morgan fingerprint density at radius 1 is 0.636 bits per heavy atom. The van der Waals surface area contributed by atoms with Crippen LogP contribution in [-0.2, 0) is 6.54 Å². The maximum Gasteiger partial charge on any atom is 0.176 e. The Balaban J connectivity index is 1.93. The smallest absolute Gasteiger partial charge is 0.176 e. The van der Waals surface area contributed by atoms with E-state index in [1.54, 1.807) is 4.80 Å². The van der Waals surface area contributed by atoms with Crippen molar-refractivity contribution in [2.75, 3.05) is 0 Å². The third-order valence-electron chi connectivity index (χ3n) is 6.50. The molecular weight excluding hydrogens is 552 g/mol. The summed E-state index contributed by atoms with van der Waals surface area (Å²) in [6, 6.07) is 0. The maximum atomic E-state index is 14.1. The van der Waals surface area contributed by atoms with Crippen molar-refractivity contribution < 1.29 is 8.78 Å². The van der Waals surface area contributed by atoms with Gasteiger partial charge in [-0.25, -0.2) is 8.78 Å². The van der Waals surface area contributed by atoms with E-state index in [0.29, 0.717) is 23.5 Å². The van der Waals surface area contributed by atoms with Crippen LogP contribution in [0.15, 0.2) is 8.95 Å². The predicted octanol–water partition coefficient (Wildman–Crippen LogP) is 10.1. The second-order valence-electron chi connectivity index (χ2n) is 9.39. The molecule has 0 bridgehead atoms. The molecule has 1 aromatic carbocycles. The van der Waals surface area contributed by atoms with E-state index in [9.17, 15) is 8.78 Å². The third-order valence-corrected chi connectivity index (χ3v) is 7.95. The maximum absolute atomic E-state index is 14.1. The zero-order chi connectivity index (χ0) is 24.1. The Morgan fingerprint density at radius 3 is 1.39 bits per heavy atom. The largest absolute Gasteiger partial charge is 0.202 e. The SMILES string of the molecule is CCCCCCCCCCC(CCCCCCCC)Cn1nc2c(Br)c(F)c(F)c(Br)c2n1. The molecule has 33 heavy (non-hydrogen) atoms. The van der Waals surface area contributed by atoms with Crippen molar-refractivity contribution >= 4 is 42.9 Å². The summed E-state index contributed by atoms with van der Waals surface area (Å²) in [5, 5.41) is 8.98. The van der Waals surface area contributed by atoms with Gasteiger partial charge < -0.3 is 0 Å². The van der Waals surface area contributed by atoms with Gasteiger partial charge in [-0.1, -0.05) is 104 Å². The Bertz CT molecular complexity index is 781. The molecule has 0 aliphatic carbocycles. The molecule has 0 saturated carbocycles. The summed E-state index contributed by atoms with van der Waals surface area (Å²) in [6.07, 6.45) is 20.6. The van der Waals surface area contributed by atoms with Gasteiger partial charge in [-0.2, -0.15) is 15.0 Å². The molecule has 1 atom stereocenters. The number of hydrogen-bond acceptors (Lipinski definition) is 2. The number of benzene rings is 1. The van der Waals surface area contributed by atoms with Crippen LogP contribution in [0.5, 0.6) is 0 Å². The summed E-state index contributed by atoms with van der Waals surface area (Å²) in [6.45, 7) is 5.20. The van der Waals surface area contributed by atoms with E-state index in [4.69, 9.17) is 0 Å². The fourth-order valence-electron chi connectivity index (χ4n) is 4.46. The normalized spacial score (nSPS) is 12.7. The molecule has 1 unspecified atom stereocenters. The van der Waals surface area contributed by atoms with Crippen LogP contribution in [0.4, 0.5) is 8.78 Å². The van der Waals surface area contributed by atoms with Gasteiger partial charge in [0.25, 0.3) is 0 Å². The average molecular weight is 593 g/mol. The van der Waals surface area contributed by atoms with Crippen molar-refractivity contribution in [3.05, 3.63) is 20.6 Å². The first-order valence-electron chi connectivity index (χ1n) is 13.1. The summed E-state index contributed by atoms with van der Waals surface area (Å²) in [4.78, 5) is 1.64. The average Bonchev–Trinajstić information content (AvgIpc) is 3.24. The lowest BCUT2D eigenvalue weighted by atomic mass is 9.94. The molecule has 0 radical (unpaired) electrons. The minimum atomic E-state index is -0.927. The van der Waals surface area contributed by atoms with Crippen LogP contribution in [0.1, 0.15) is 117 Å². The van der Waals surface area contributed by atoms with Crippen molar-refractivity contribution in [2.45, 2.75) is 123 Å². The molecule has 188 valence electrons. The van der Waals surface area contributed by atoms with Crippen molar-refractivity contribution in [2.24, 2.45) is 5.92 Å². The lowest BCUT2D eigenvalue weighted by Gasteiger charge is -2.16. The highest BCUT2D eigenvalue weighted by Crippen LogP contribution is 2.34. The lowest BCUT2D eigenvalue weighted by Crippen LogP contribution is -2.13. The van der Waals surface area contributed by atoms with Crippen LogP contribution in [0.3, 0.4) is 0 Å². The van der Waals surface area contributed by atoms with Crippen LogP contribution >= 0.6 is 31.9 Å². The van der Waals surface area contributed by atoms with Crippen molar-refractivity contribution in [1.82, 2.24) is 15.0 Å². The van der Waals surface area contributed by atoms with Crippen molar-refractivity contribution in [3.63, 3.8) is 0 Å². The Morgan fingerprint density at radius 2 is 1.00 bits per heavy atom. The molecule has 7 heteroatoms. The molecule has 1 heterocycles. The lowest BCUT2D eigenvalue weighted by molar-refractivity contribution is 0.326. The van der Waals surface area contributed by atoms with Gasteiger partial charge in [0.05, 0.1) is 15.5 Å². The third kappa shape index (κ3) is 9.54. The number of halogens is 4. The van der Waals surface area contributed by atoms with Gasteiger partial charge in [-0.3, -0.25) is 0 Å². The molecular formula is C26H41Br2F2N3. The van der Waals surface area contributed by atoms with Crippen LogP contribution in [0, 0.1) is 17.6 Å². The summed E-state index contributed by atoms with van der Waals surface area (Å²) in [7, 11) is 0. The molecule has 3 nitrogen and oxygen atoms in total. The Kier molecular flexibility index (Phi) is 14.1. The van der Waals surface area contributed by atoms with Gasteiger partial charge >= 0.3 is 0 Å². The molecule has 0 spiro atoms. The van der Waals surface area contributed by atoms with Gasteiger partial charge in [0.2, 0.25) is 0 Å². The van der Waals surface area contributed by atoms with E-state index in [2.05, 4.69) is 55.9 Å². The van der Waals surface area contributed by atoms with E-state index in [1.807, 2.05) is 0 Å². The monoisotopic (exact) mass is 591 g/mol. The number of aromatic nitrogens is 3. The highest BCUT2D eigenvalue weighted by Gasteiger charge is 2.22. The van der Waals surface area contributed by atoms with Crippen molar-refractivity contribution in [3.8, 4) is 0 Å². The number of fused-ring (bicyclic) bond motifs is 1. The van der Waals surface area contributed by atoms with Gasteiger partial charge in [-0.15, -0.1) is 0 Å². The van der Waals surface area contributed by atoms with E-state index in [1.165, 1.54) is 89.9 Å². The van der Waals surface area contributed by atoms with Crippen LogP contribution in [-0.4, -0.2) is 15.0 Å². The summed E-state index contributed by atoms with van der Waals surface area (Å²) < 4.78 is 28.3. The van der Waals surface area contributed by atoms with Gasteiger partial charge in [-0.05, 0) is 50.6 Å². The summed E-state index contributed by atoms with van der Waals surface area (Å²) in [5.74, 6) is -1.36. The van der Waals surface area contributed by atoms with E-state index < -0.39 is 11.6 Å². The molecule has 0 aliphatic heterocycles. The fraction of sp³-hybridized carbons (Fsp3) is 0.769. The number of nitrogens with zero attached hydrogens (tertiary/aromatic N) is 3. The highest BCUT2D eigenvalue weighted by atomic mass is 79.9. The molecule has 2 rings (SSSR count). The molecule has 0 N–H and O–H groups in total. The molecule has 0 saturated heterocycles. The number of hydrogen-bond donors (Lipinski definition) is 0. The number of rotatable bonds is 18. The van der Waals surface area contributed by atoms with E-state index in [-0.39, 0.29) is 8.95 Å². The second-order valence-corrected chi connectivity index (χ2v) is 11.0. The zero-order valence-electron chi connectivity index (χ0n) is 20.5. The minimum Gasteiger partial charge on any atom is -0.202 e. The first-order chi connectivity index (χ1) is 16.0. The topological polar surface area (TPSA) is 30.7 Å². The Labute approximate surface area is 215 Å². The standard InChI is InChI=1S/C26H41Br2F2N3/c1-3-5-7-9-11-12-14-16-18-20(17-15-13-10-8-6-4-2)19-33-31-25-21(27)23(29)24(30)22(28)26(25)32-33/h20H,3-19H2,1-2H3. The van der Waals surface area contributed by atoms with Gasteiger partial charge in [0.15, 0.2) is 11.6 Å². The first kappa shape index (κ1) is 28.7. The minimum absolute atomic E-state index is 0.0417. The molecule has 1 aromatic heterocycles. The molecule has 0 aliphatic rings. The van der Waals surface area contributed by atoms with E-state index >= 15 is 0 Å². The Hall–Kier alpha value is -0.560. The summed E-state index contributed by atoms with van der Waals surface area (Å²) in [5.41, 5.74) is 0.734. The molecule has 0 amide bonds. The van der Waals surface area contributed by atoms with Gasteiger partial charge in [0, 0.05) is 0 Å². The molecule has 0 fully saturated rings. The quantitative estimate of drug-likeness (QED) is 0.0979. The fourth-order valence-corrected chi connectivity index (χ4v) is 5.35. The van der Waals surface area contributed by atoms with Crippen LogP contribution in [0.2, 0.25) is 0 Å². The van der Waals surface area contributed by atoms with Crippen molar-refractivity contribution in [1.29, 1.82) is 0 Å². The molecule has 2 aromatic rings. The second kappa shape index (κ2) is 16.2. The summed E-state index contributed by atoms with van der Waals surface area (Å²) >= 11 is 6.29. The van der Waals surface area contributed by atoms with Crippen LogP contribution < -0.4 is 0 Å². The van der Waals surface area contributed by atoms with Gasteiger partial charge in [0.1, 0.15) is 11.0 Å². The predicted molar refractivity (Wildman–Crippen MR) is 142 cm³/mol. The van der Waals surface area contributed by atoms with E-state index in [0.717, 1.165) is 12.8 Å². The first-order valence-corrected chi connectivity index (χ1v) is 14.6. The van der Waals surface area contributed by atoms with Crippen LogP contribution in [0.25, 0.3) is 11.0 Å². The highest BCUT2D eigenvalue weighted by molar-refractivity contribution is 9.11.